The molecule has 2 fully saturated rings. The molecule has 1 aromatic carbocycles. The van der Waals surface area contributed by atoms with Gasteiger partial charge in [0.05, 0.1) is 26.2 Å². The zero-order valence-corrected chi connectivity index (χ0v) is 15.3. The SMILES string of the molecule is Cc1ccc(NC(=S)N2CC[NH+](CC(=O)NC3CC3)CC2)cc1C. The maximum Gasteiger partial charge on any atom is 0.275 e. The van der Waals surface area contributed by atoms with Crippen molar-refractivity contribution in [3.05, 3.63) is 29.3 Å². The van der Waals surface area contributed by atoms with Gasteiger partial charge in [-0.2, -0.15) is 0 Å². The van der Waals surface area contributed by atoms with E-state index in [1.165, 1.54) is 16.0 Å². The molecule has 3 rings (SSSR count). The Bertz CT molecular complexity index is 621. The third kappa shape index (κ3) is 4.68. The highest BCUT2D eigenvalue weighted by molar-refractivity contribution is 7.80. The summed E-state index contributed by atoms with van der Waals surface area (Å²) in [6, 6.07) is 6.76. The second kappa shape index (κ2) is 7.49. The largest absolute Gasteiger partial charge is 0.348 e. The van der Waals surface area contributed by atoms with Crippen LogP contribution in [0.25, 0.3) is 0 Å². The first-order valence-electron chi connectivity index (χ1n) is 8.77. The van der Waals surface area contributed by atoms with E-state index in [-0.39, 0.29) is 5.91 Å². The Morgan fingerprint density at radius 2 is 1.96 bits per heavy atom. The van der Waals surface area contributed by atoms with Crippen LogP contribution in [0.4, 0.5) is 5.69 Å². The van der Waals surface area contributed by atoms with Crippen molar-refractivity contribution in [2.45, 2.75) is 32.7 Å². The molecule has 0 aromatic heterocycles. The summed E-state index contributed by atoms with van der Waals surface area (Å²) in [6.07, 6.45) is 2.29. The zero-order chi connectivity index (χ0) is 17.1. The lowest BCUT2D eigenvalue weighted by molar-refractivity contribution is -0.895. The smallest absolute Gasteiger partial charge is 0.275 e. The minimum absolute atomic E-state index is 0.191. The number of carbonyl (C=O) groups excluding carboxylic acids is 1. The Labute approximate surface area is 149 Å². The Morgan fingerprint density at radius 3 is 2.58 bits per heavy atom. The van der Waals surface area contributed by atoms with E-state index in [1.54, 1.807) is 0 Å². The predicted molar refractivity (Wildman–Crippen MR) is 100 cm³/mol. The van der Waals surface area contributed by atoms with E-state index in [0.29, 0.717) is 12.6 Å². The number of piperazine rings is 1. The number of carbonyl (C=O) groups is 1. The summed E-state index contributed by atoms with van der Waals surface area (Å²) >= 11 is 5.55. The van der Waals surface area contributed by atoms with Gasteiger partial charge in [0.25, 0.3) is 5.91 Å². The summed E-state index contributed by atoms with van der Waals surface area (Å²) in [7, 11) is 0. The Morgan fingerprint density at radius 1 is 1.25 bits per heavy atom. The molecular formula is C18H27N4OS+. The molecule has 0 bridgehead atoms. The lowest BCUT2D eigenvalue weighted by atomic mass is 10.1. The molecule has 1 heterocycles. The van der Waals surface area contributed by atoms with Crippen LogP contribution in [-0.4, -0.2) is 54.7 Å². The topological polar surface area (TPSA) is 48.8 Å². The Hall–Kier alpha value is -1.66. The highest BCUT2D eigenvalue weighted by atomic mass is 32.1. The minimum atomic E-state index is 0.191. The van der Waals surface area contributed by atoms with Gasteiger partial charge in [0.2, 0.25) is 0 Å². The van der Waals surface area contributed by atoms with E-state index >= 15 is 0 Å². The summed E-state index contributed by atoms with van der Waals surface area (Å²) < 4.78 is 0. The molecular weight excluding hydrogens is 320 g/mol. The molecule has 24 heavy (non-hydrogen) atoms. The number of hydrogen-bond donors (Lipinski definition) is 3. The quantitative estimate of drug-likeness (QED) is 0.694. The molecule has 2 aliphatic rings. The monoisotopic (exact) mass is 347 g/mol. The maximum absolute atomic E-state index is 11.9. The first kappa shape index (κ1) is 17.2. The van der Waals surface area contributed by atoms with Gasteiger partial charge in [-0.15, -0.1) is 0 Å². The van der Waals surface area contributed by atoms with Gasteiger partial charge >= 0.3 is 0 Å². The van der Waals surface area contributed by atoms with Gasteiger partial charge in [-0.05, 0) is 62.2 Å². The average molecular weight is 348 g/mol. The van der Waals surface area contributed by atoms with Gasteiger partial charge < -0.3 is 20.4 Å². The number of quaternary nitrogens is 1. The van der Waals surface area contributed by atoms with Gasteiger partial charge in [0.1, 0.15) is 0 Å². The van der Waals surface area contributed by atoms with Crippen molar-refractivity contribution in [2.24, 2.45) is 0 Å². The number of nitrogens with zero attached hydrogens (tertiary/aromatic N) is 1. The first-order valence-corrected chi connectivity index (χ1v) is 9.18. The fraction of sp³-hybridized carbons (Fsp3) is 0.556. The number of hydrogen-bond acceptors (Lipinski definition) is 2. The van der Waals surface area contributed by atoms with Crippen LogP contribution in [0.3, 0.4) is 0 Å². The van der Waals surface area contributed by atoms with Gasteiger partial charge in [-0.25, -0.2) is 0 Å². The van der Waals surface area contributed by atoms with E-state index in [0.717, 1.165) is 49.8 Å². The predicted octanol–water partition coefficient (Wildman–Crippen LogP) is 0.479. The lowest BCUT2D eigenvalue weighted by Crippen LogP contribution is -3.15. The van der Waals surface area contributed by atoms with Crippen LogP contribution in [0, 0.1) is 13.8 Å². The van der Waals surface area contributed by atoms with Gasteiger partial charge in [0.15, 0.2) is 11.7 Å². The third-order valence-electron chi connectivity index (χ3n) is 4.87. The fourth-order valence-electron chi connectivity index (χ4n) is 2.96. The van der Waals surface area contributed by atoms with E-state index in [1.807, 2.05) is 0 Å². The molecule has 0 spiro atoms. The van der Waals surface area contributed by atoms with Crippen molar-refractivity contribution >= 4 is 28.9 Å². The van der Waals surface area contributed by atoms with Crippen LogP contribution in [0.15, 0.2) is 18.2 Å². The summed E-state index contributed by atoms with van der Waals surface area (Å²) in [5.74, 6) is 0.191. The summed E-state index contributed by atoms with van der Waals surface area (Å²) in [5, 5.41) is 7.18. The lowest BCUT2D eigenvalue weighted by Gasteiger charge is -2.33. The highest BCUT2D eigenvalue weighted by Gasteiger charge is 2.27. The van der Waals surface area contributed by atoms with Crippen molar-refractivity contribution < 1.29 is 9.69 Å². The number of anilines is 1. The number of aryl methyl sites for hydroxylation is 2. The molecule has 1 saturated heterocycles. The molecule has 1 aliphatic carbocycles. The van der Waals surface area contributed by atoms with Crippen molar-refractivity contribution in [1.29, 1.82) is 0 Å². The molecule has 0 unspecified atom stereocenters. The van der Waals surface area contributed by atoms with Crippen LogP contribution in [0.1, 0.15) is 24.0 Å². The van der Waals surface area contributed by atoms with E-state index in [4.69, 9.17) is 12.2 Å². The molecule has 1 amide bonds. The normalized spacial score (nSPS) is 18.3. The average Bonchev–Trinajstić information content (AvgIpc) is 3.35. The molecule has 0 atom stereocenters. The molecule has 5 nitrogen and oxygen atoms in total. The molecule has 3 N–H and O–H groups in total. The number of thiocarbonyl (C=S) groups is 1. The first-order chi connectivity index (χ1) is 11.5. The molecule has 1 saturated carbocycles. The number of nitrogens with one attached hydrogen (secondary N) is 3. The van der Waals surface area contributed by atoms with Crippen LogP contribution < -0.4 is 15.5 Å². The fourth-order valence-corrected chi connectivity index (χ4v) is 3.26. The second-order valence-corrected chi connectivity index (χ2v) is 7.37. The van der Waals surface area contributed by atoms with Crippen LogP contribution in [0.2, 0.25) is 0 Å². The minimum Gasteiger partial charge on any atom is -0.348 e. The van der Waals surface area contributed by atoms with E-state index < -0.39 is 0 Å². The van der Waals surface area contributed by atoms with E-state index in [9.17, 15) is 4.79 Å². The molecule has 0 radical (unpaired) electrons. The molecule has 6 heteroatoms. The standard InChI is InChI=1S/C18H26N4OS/c1-13-3-4-16(11-14(13)2)20-18(24)22-9-7-21(8-10-22)12-17(23)19-15-5-6-15/h3-4,11,15H,5-10,12H2,1-2H3,(H,19,23)(H,20,24)/p+1. The molecule has 1 aromatic rings. The van der Waals surface area contributed by atoms with Crippen LogP contribution in [0.5, 0.6) is 0 Å². The van der Waals surface area contributed by atoms with Crippen LogP contribution >= 0.6 is 12.2 Å². The second-order valence-electron chi connectivity index (χ2n) is 6.98. The van der Waals surface area contributed by atoms with E-state index in [2.05, 4.69) is 47.6 Å². The third-order valence-corrected chi connectivity index (χ3v) is 5.23. The van der Waals surface area contributed by atoms with Crippen molar-refractivity contribution in [1.82, 2.24) is 10.2 Å². The summed E-state index contributed by atoms with van der Waals surface area (Å²) in [4.78, 5) is 15.4. The van der Waals surface area contributed by atoms with Gasteiger partial charge in [0, 0.05) is 11.7 Å². The van der Waals surface area contributed by atoms with Crippen molar-refractivity contribution in [2.75, 3.05) is 38.0 Å². The summed E-state index contributed by atoms with van der Waals surface area (Å²) in [6.45, 7) is 8.49. The molecule has 1 aliphatic heterocycles. The Kier molecular flexibility index (Phi) is 5.36. The Balaban J connectivity index is 1.44. The zero-order valence-electron chi connectivity index (χ0n) is 14.5. The van der Waals surface area contributed by atoms with Gasteiger partial charge in [-0.3, -0.25) is 4.79 Å². The number of benzene rings is 1. The number of rotatable bonds is 4. The maximum atomic E-state index is 11.9. The highest BCUT2D eigenvalue weighted by Crippen LogP contribution is 2.18. The van der Waals surface area contributed by atoms with Crippen LogP contribution in [-0.2, 0) is 4.79 Å². The molecule has 130 valence electrons. The van der Waals surface area contributed by atoms with Crippen molar-refractivity contribution in [3.63, 3.8) is 0 Å². The number of amides is 1. The van der Waals surface area contributed by atoms with Crippen molar-refractivity contribution in [3.8, 4) is 0 Å². The van der Waals surface area contributed by atoms with Gasteiger partial charge in [-0.1, -0.05) is 6.07 Å². The summed E-state index contributed by atoms with van der Waals surface area (Å²) in [5.41, 5.74) is 3.59.